The lowest BCUT2D eigenvalue weighted by Gasteiger charge is -2.40. The van der Waals surface area contributed by atoms with Crippen LogP contribution >= 0.6 is 15.9 Å². The van der Waals surface area contributed by atoms with E-state index in [1.807, 2.05) is 0 Å². The van der Waals surface area contributed by atoms with E-state index in [1.54, 1.807) is 18.2 Å². The Morgan fingerprint density at radius 2 is 1.88 bits per heavy atom. The summed E-state index contributed by atoms with van der Waals surface area (Å²) in [5.41, 5.74) is 1.59. The Morgan fingerprint density at radius 1 is 1.15 bits per heavy atom. The summed E-state index contributed by atoms with van der Waals surface area (Å²) in [6.45, 7) is 0.185. The van der Waals surface area contributed by atoms with Crippen LogP contribution in [-0.2, 0) is 16.1 Å². The summed E-state index contributed by atoms with van der Waals surface area (Å²) >= 11 is 3.58. The van der Waals surface area contributed by atoms with Gasteiger partial charge in [-0.25, -0.2) is 9.78 Å². The summed E-state index contributed by atoms with van der Waals surface area (Å²) in [6, 6.07) is 8.10. The van der Waals surface area contributed by atoms with Gasteiger partial charge < -0.3 is 23.6 Å². The number of carbonyl (C=O) groups excluding carboxylic acids is 1. The molecular weight excluding hydrogens is 595 g/mol. The number of para-hydroxylation sites is 1. The predicted molar refractivity (Wildman–Crippen MR) is 141 cm³/mol. The van der Waals surface area contributed by atoms with Gasteiger partial charge in [0.1, 0.15) is 23.0 Å². The van der Waals surface area contributed by atoms with E-state index in [0.29, 0.717) is 22.6 Å². The molecule has 0 amide bonds. The molecule has 12 heteroatoms. The number of ether oxygens (including phenoxy) is 3. The molecule has 3 aromatic rings. The molecule has 6 rings (SSSR count). The Hall–Kier alpha value is -3.12. The molecule has 40 heavy (non-hydrogen) atoms. The first-order valence-electron chi connectivity index (χ1n) is 13.2. The third-order valence-electron chi connectivity index (χ3n) is 7.78. The molecule has 0 radical (unpaired) electrons. The number of aromatic nitrogens is 2. The molecule has 4 heterocycles. The molecular formula is C28H27BrF3N3O5. The van der Waals surface area contributed by atoms with E-state index in [4.69, 9.17) is 14.0 Å². The number of alkyl halides is 3. The number of piperidine rings is 1. The Bertz CT molecular complexity index is 1400. The number of carbonyl (C=O) groups is 1. The number of hydrogen-bond acceptors (Lipinski definition) is 8. The van der Waals surface area contributed by atoms with E-state index >= 15 is 0 Å². The molecule has 1 unspecified atom stereocenters. The van der Waals surface area contributed by atoms with Gasteiger partial charge >= 0.3 is 12.3 Å². The zero-order valence-corrected chi connectivity index (χ0v) is 23.2. The number of pyridine rings is 1. The van der Waals surface area contributed by atoms with Crippen LogP contribution in [0.25, 0.3) is 11.3 Å². The van der Waals surface area contributed by atoms with Crippen LogP contribution in [0.4, 0.5) is 19.0 Å². The number of benzene rings is 1. The lowest BCUT2D eigenvalue weighted by Crippen LogP contribution is -2.46. The summed E-state index contributed by atoms with van der Waals surface area (Å²) in [5, 5.41) is 4.17. The standard InChI is InChI=1S/C28H27BrF3N3O5/c1-37-27(36)16-10-22(29)26(33-13-16)35-17-8-9-18(35)12-19(11-17)38-14-21-24(34-40-25(21)15-6-7-15)20-4-2-3-5-23(20)39-28(30,31)32/h2-5,10,13,15,17-19H,6-9,11-12,14H2,1H3/t17-,18+,19?. The van der Waals surface area contributed by atoms with Gasteiger partial charge in [-0.15, -0.1) is 13.2 Å². The molecule has 1 saturated carbocycles. The van der Waals surface area contributed by atoms with E-state index in [9.17, 15) is 18.0 Å². The topological polar surface area (TPSA) is 86.9 Å². The minimum absolute atomic E-state index is 0.0432. The molecule has 1 aliphatic carbocycles. The zero-order chi connectivity index (χ0) is 28.0. The number of methoxy groups -OCH3 is 1. The van der Waals surface area contributed by atoms with Crippen molar-refractivity contribution in [1.29, 1.82) is 0 Å². The van der Waals surface area contributed by atoms with E-state index in [0.717, 1.165) is 48.8 Å². The molecule has 2 aromatic heterocycles. The van der Waals surface area contributed by atoms with Gasteiger partial charge in [-0.3, -0.25) is 0 Å². The normalized spacial score (nSPS) is 22.4. The summed E-state index contributed by atoms with van der Waals surface area (Å²) in [5.74, 6) is 0.897. The van der Waals surface area contributed by atoms with Crippen molar-refractivity contribution < 1.29 is 36.7 Å². The van der Waals surface area contributed by atoms with Gasteiger partial charge in [0.25, 0.3) is 0 Å². The summed E-state index contributed by atoms with van der Waals surface area (Å²) in [7, 11) is 1.33. The first-order chi connectivity index (χ1) is 19.2. The highest BCUT2D eigenvalue weighted by Gasteiger charge is 2.43. The average molecular weight is 622 g/mol. The third-order valence-corrected chi connectivity index (χ3v) is 8.36. The van der Waals surface area contributed by atoms with E-state index < -0.39 is 12.3 Å². The minimum atomic E-state index is -4.83. The number of nitrogens with zero attached hydrogens (tertiary/aromatic N) is 3. The maximum atomic E-state index is 13.1. The summed E-state index contributed by atoms with van der Waals surface area (Å²) in [6.07, 6.45) is 2.08. The van der Waals surface area contributed by atoms with Crippen molar-refractivity contribution in [1.82, 2.24) is 10.1 Å². The molecule has 0 N–H and O–H groups in total. The van der Waals surface area contributed by atoms with Crippen LogP contribution in [0.15, 0.2) is 45.5 Å². The Labute approximate surface area is 236 Å². The van der Waals surface area contributed by atoms with Crippen molar-refractivity contribution in [2.75, 3.05) is 12.0 Å². The van der Waals surface area contributed by atoms with E-state index in [2.05, 4.69) is 35.7 Å². The van der Waals surface area contributed by atoms with Gasteiger partial charge in [-0.05, 0) is 72.7 Å². The van der Waals surface area contributed by atoms with Gasteiger partial charge in [0, 0.05) is 35.3 Å². The number of hydrogen-bond donors (Lipinski definition) is 0. The first-order valence-corrected chi connectivity index (χ1v) is 14.0. The SMILES string of the molecule is COC(=O)c1cnc(N2[C@@H]3CC[C@H]2CC(OCc2c(-c4ccccc4OC(F)(F)F)noc2C2CC2)C3)c(Br)c1. The smallest absolute Gasteiger partial charge is 0.465 e. The van der Waals surface area contributed by atoms with Gasteiger partial charge in [0.15, 0.2) is 0 Å². The van der Waals surface area contributed by atoms with Crippen molar-refractivity contribution in [3.8, 4) is 17.0 Å². The largest absolute Gasteiger partial charge is 0.573 e. The van der Waals surface area contributed by atoms with Crippen LogP contribution < -0.4 is 9.64 Å². The van der Waals surface area contributed by atoms with Crippen LogP contribution in [0.3, 0.4) is 0 Å². The molecule has 0 spiro atoms. The summed E-state index contributed by atoms with van der Waals surface area (Å²) < 4.78 is 61.1. The summed E-state index contributed by atoms with van der Waals surface area (Å²) in [4.78, 5) is 18.8. The number of anilines is 1. The van der Waals surface area contributed by atoms with Crippen LogP contribution in [0.2, 0.25) is 0 Å². The quantitative estimate of drug-likeness (QED) is 0.254. The Balaban J connectivity index is 1.19. The van der Waals surface area contributed by atoms with Gasteiger partial charge in [0.2, 0.25) is 0 Å². The number of rotatable bonds is 8. The highest BCUT2D eigenvalue weighted by Crippen LogP contribution is 2.47. The minimum Gasteiger partial charge on any atom is -0.465 e. The van der Waals surface area contributed by atoms with Crippen molar-refractivity contribution in [2.45, 2.75) is 75.6 Å². The molecule has 8 nitrogen and oxygen atoms in total. The lowest BCUT2D eigenvalue weighted by atomic mass is 9.99. The highest BCUT2D eigenvalue weighted by atomic mass is 79.9. The molecule has 1 aromatic carbocycles. The third kappa shape index (κ3) is 5.43. The van der Waals surface area contributed by atoms with Crippen molar-refractivity contribution in [3.63, 3.8) is 0 Å². The van der Waals surface area contributed by atoms with Crippen molar-refractivity contribution in [2.24, 2.45) is 0 Å². The Kier molecular flexibility index (Phi) is 7.24. The first kappa shape index (κ1) is 27.1. The van der Waals surface area contributed by atoms with E-state index in [-0.39, 0.29) is 42.0 Å². The van der Waals surface area contributed by atoms with Crippen LogP contribution in [0, 0.1) is 0 Å². The van der Waals surface area contributed by atoms with Gasteiger partial charge in [0.05, 0.1) is 29.9 Å². The molecule has 2 bridgehead atoms. The molecule has 3 aliphatic rings. The fraction of sp³-hybridized carbons (Fsp3) is 0.464. The van der Waals surface area contributed by atoms with Crippen molar-refractivity contribution >= 4 is 27.7 Å². The fourth-order valence-electron chi connectivity index (χ4n) is 5.88. The lowest BCUT2D eigenvalue weighted by molar-refractivity contribution is -0.274. The van der Waals surface area contributed by atoms with Crippen molar-refractivity contribution in [3.05, 3.63) is 57.9 Å². The van der Waals surface area contributed by atoms with E-state index in [1.165, 1.54) is 25.4 Å². The molecule has 2 saturated heterocycles. The van der Waals surface area contributed by atoms with Gasteiger partial charge in [-0.2, -0.15) is 0 Å². The zero-order valence-electron chi connectivity index (χ0n) is 21.6. The number of fused-ring (bicyclic) bond motifs is 2. The van der Waals surface area contributed by atoms with Gasteiger partial charge in [-0.1, -0.05) is 17.3 Å². The highest BCUT2D eigenvalue weighted by molar-refractivity contribution is 9.10. The second kappa shape index (κ2) is 10.7. The molecule has 2 aliphatic heterocycles. The maximum absolute atomic E-state index is 13.1. The van der Waals surface area contributed by atoms with Crippen LogP contribution in [0.5, 0.6) is 5.75 Å². The molecule has 212 valence electrons. The second-order valence-electron chi connectivity index (χ2n) is 10.4. The number of esters is 1. The Morgan fingerprint density at radius 3 is 2.52 bits per heavy atom. The van der Waals surface area contributed by atoms with Crippen LogP contribution in [-0.4, -0.2) is 47.8 Å². The molecule has 3 fully saturated rings. The monoisotopic (exact) mass is 621 g/mol. The van der Waals surface area contributed by atoms with Crippen LogP contribution in [0.1, 0.15) is 66.1 Å². The average Bonchev–Trinajstić information content (AvgIpc) is 3.63. The molecule has 3 atom stereocenters. The predicted octanol–water partition coefficient (Wildman–Crippen LogP) is 6.78. The second-order valence-corrected chi connectivity index (χ2v) is 11.3. The maximum Gasteiger partial charge on any atom is 0.573 e. The fourth-order valence-corrected chi connectivity index (χ4v) is 6.43. The number of halogens is 4.